The van der Waals surface area contributed by atoms with Gasteiger partial charge in [0.2, 0.25) is 5.91 Å². The SMILES string of the molecule is COC(=O)c1ccc(NC(=O)CN2N=N[C@@H]3C(=O)N(c4ccc(C)c(C)c4)C(=O)[C@H]32)cc1. The van der Waals surface area contributed by atoms with Crippen LogP contribution in [-0.2, 0) is 19.1 Å². The summed E-state index contributed by atoms with van der Waals surface area (Å²) in [5, 5.41) is 11.7. The maximum absolute atomic E-state index is 13.0. The third kappa shape index (κ3) is 3.70. The van der Waals surface area contributed by atoms with E-state index in [1.807, 2.05) is 19.9 Å². The minimum atomic E-state index is -0.976. The van der Waals surface area contributed by atoms with Gasteiger partial charge in [-0.15, -0.1) is 0 Å². The maximum atomic E-state index is 13.0. The zero-order chi connectivity index (χ0) is 23.0. The molecule has 0 aliphatic carbocycles. The van der Waals surface area contributed by atoms with Gasteiger partial charge < -0.3 is 10.1 Å². The van der Waals surface area contributed by atoms with E-state index in [4.69, 9.17) is 0 Å². The second kappa shape index (κ2) is 8.22. The minimum absolute atomic E-state index is 0.261. The van der Waals surface area contributed by atoms with Gasteiger partial charge >= 0.3 is 5.97 Å². The summed E-state index contributed by atoms with van der Waals surface area (Å²) in [4.78, 5) is 51.0. The number of rotatable bonds is 5. The van der Waals surface area contributed by atoms with Crippen molar-refractivity contribution in [3.63, 3.8) is 0 Å². The first-order valence-corrected chi connectivity index (χ1v) is 9.91. The molecule has 1 fully saturated rings. The highest BCUT2D eigenvalue weighted by atomic mass is 16.5. The Morgan fingerprint density at radius 3 is 2.41 bits per heavy atom. The van der Waals surface area contributed by atoms with Crippen LogP contribution in [0.25, 0.3) is 0 Å². The van der Waals surface area contributed by atoms with Crippen LogP contribution >= 0.6 is 0 Å². The van der Waals surface area contributed by atoms with Gasteiger partial charge in [0.15, 0.2) is 12.1 Å². The number of amides is 3. The molecule has 0 radical (unpaired) electrons. The van der Waals surface area contributed by atoms with Crippen LogP contribution in [0.15, 0.2) is 52.8 Å². The van der Waals surface area contributed by atoms with Gasteiger partial charge in [-0.3, -0.25) is 19.4 Å². The van der Waals surface area contributed by atoms with Crippen molar-refractivity contribution in [2.24, 2.45) is 10.3 Å². The van der Waals surface area contributed by atoms with E-state index >= 15 is 0 Å². The molecule has 10 nitrogen and oxygen atoms in total. The van der Waals surface area contributed by atoms with Gasteiger partial charge in [-0.25, -0.2) is 9.69 Å². The molecule has 2 aromatic carbocycles. The number of nitrogens with zero attached hydrogens (tertiary/aromatic N) is 4. The zero-order valence-electron chi connectivity index (χ0n) is 17.7. The molecule has 0 unspecified atom stereocenters. The molecule has 2 aliphatic rings. The highest BCUT2D eigenvalue weighted by Gasteiger charge is 2.55. The standard InChI is InChI=1S/C22H21N5O5/c1-12-4-9-16(10-13(12)2)27-20(29)18-19(21(27)30)26(25-24-18)11-17(28)23-15-7-5-14(6-8-15)22(31)32-3/h4-10,18-19H,11H2,1-3H3,(H,23,28)/t18-,19-/m0/s1. The first-order chi connectivity index (χ1) is 15.3. The first-order valence-electron chi connectivity index (χ1n) is 9.91. The Bertz CT molecular complexity index is 1140. The van der Waals surface area contributed by atoms with Crippen LogP contribution in [0.1, 0.15) is 21.5 Å². The van der Waals surface area contributed by atoms with Gasteiger partial charge in [-0.2, -0.15) is 5.11 Å². The van der Waals surface area contributed by atoms with Crippen molar-refractivity contribution < 1.29 is 23.9 Å². The van der Waals surface area contributed by atoms with E-state index in [-0.39, 0.29) is 6.54 Å². The Labute approximate surface area is 183 Å². The van der Waals surface area contributed by atoms with Crippen LogP contribution in [0, 0.1) is 13.8 Å². The number of ether oxygens (including phenoxy) is 1. The molecule has 0 aromatic heterocycles. The van der Waals surface area contributed by atoms with Crippen molar-refractivity contribution in [3.8, 4) is 0 Å². The van der Waals surface area contributed by atoms with Crippen molar-refractivity contribution in [2.75, 3.05) is 23.9 Å². The van der Waals surface area contributed by atoms with Gasteiger partial charge in [0.05, 0.1) is 18.4 Å². The van der Waals surface area contributed by atoms with E-state index in [2.05, 4.69) is 20.4 Å². The van der Waals surface area contributed by atoms with E-state index in [0.29, 0.717) is 16.9 Å². The molecule has 2 aliphatic heterocycles. The summed E-state index contributed by atoms with van der Waals surface area (Å²) in [6.07, 6.45) is 0. The van der Waals surface area contributed by atoms with Gasteiger partial charge in [0.25, 0.3) is 11.8 Å². The summed E-state index contributed by atoms with van der Waals surface area (Å²) in [7, 11) is 1.28. The monoisotopic (exact) mass is 435 g/mol. The van der Waals surface area contributed by atoms with Crippen molar-refractivity contribution in [3.05, 3.63) is 59.2 Å². The van der Waals surface area contributed by atoms with E-state index < -0.39 is 35.8 Å². The van der Waals surface area contributed by atoms with Gasteiger partial charge in [-0.1, -0.05) is 11.3 Å². The van der Waals surface area contributed by atoms with Crippen molar-refractivity contribution in [1.29, 1.82) is 0 Å². The number of hydrogen-bond donors (Lipinski definition) is 1. The van der Waals surface area contributed by atoms with Crippen LogP contribution in [-0.4, -0.2) is 54.4 Å². The number of imide groups is 1. The lowest BCUT2D eigenvalue weighted by Gasteiger charge is -2.20. The zero-order valence-corrected chi connectivity index (χ0v) is 17.7. The predicted octanol–water partition coefficient (Wildman–Crippen LogP) is 2.02. The molecule has 1 saturated heterocycles. The number of fused-ring (bicyclic) bond motifs is 1. The molecular formula is C22H21N5O5. The minimum Gasteiger partial charge on any atom is -0.465 e. The molecule has 4 rings (SSSR count). The number of esters is 1. The number of aryl methyl sites for hydroxylation is 2. The third-order valence-electron chi connectivity index (χ3n) is 5.50. The molecule has 0 saturated carbocycles. The van der Waals surface area contributed by atoms with Crippen LogP contribution < -0.4 is 10.2 Å². The average Bonchev–Trinajstić information content (AvgIpc) is 3.29. The molecule has 10 heteroatoms. The lowest BCUT2D eigenvalue weighted by molar-refractivity contribution is -0.123. The Hall–Kier alpha value is -4.08. The quantitative estimate of drug-likeness (QED) is 0.567. The summed E-state index contributed by atoms with van der Waals surface area (Å²) in [5.74, 6) is -1.86. The molecule has 3 amide bonds. The summed E-state index contributed by atoms with van der Waals surface area (Å²) in [5.41, 5.74) is 3.29. The normalized spacial score (nSPS) is 19.3. The van der Waals surface area contributed by atoms with Gasteiger partial charge in [0.1, 0.15) is 6.54 Å². The number of carbonyl (C=O) groups excluding carboxylic acids is 4. The second-order valence-corrected chi connectivity index (χ2v) is 7.59. The van der Waals surface area contributed by atoms with Crippen molar-refractivity contribution >= 4 is 35.1 Å². The highest BCUT2D eigenvalue weighted by Crippen LogP contribution is 2.32. The molecule has 2 aromatic rings. The van der Waals surface area contributed by atoms with Crippen molar-refractivity contribution in [1.82, 2.24) is 5.01 Å². The van der Waals surface area contributed by atoms with E-state index in [9.17, 15) is 19.2 Å². The number of carbonyl (C=O) groups is 4. The Kier molecular flexibility index (Phi) is 5.43. The van der Waals surface area contributed by atoms with Crippen LogP contribution in [0.2, 0.25) is 0 Å². The number of hydrogen-bond acceptors (Lipinski definition) is 8. The Balaban J connectivity index is 1.45. The van der Waals surface area contributed by atoms with Crippen molar-refractivity contribution in [2.45, 2.75) is 25.9 Å². The summed E-state index contributed by atoms with van der Waals surface area (Å²) in [6, 6.07) is 9.56. The molecule has 164 valence electrons. The number of nitrogens with one attached hydrogen (secondary N) is 1. The molecule has 1 N–H and O–H groups in total. The molecule has 2 heterocycles. The van der Waals surface area contributed by atoms with E-state index in [0.717, 1.165) is 16.0 Å². The smallest absolute Gasteiger partial charge is 0.337 e. The Morgan fingerprint density at radius 1 is 1.03 bits per heavy atom. The molecule has 0 spiro atoms. The summed E-state index contributed by atoms with van der Waals surface area (Å²) >= 11 is 0. The first kappa shape index (κ1) is 21.2. The number of benzene rings is 2. The highest BCUT2D eigenvalue weighted by molar-refractivity contribution is 6.25. The van der Waals surface area contributed by atoms with E-state index in [1.54, 1.807) is 24.3 Å². The van der Waals surface area contributed by atoms with Crippen LogP contribution in [0.5, 0.6) is 0 Å². The second-order valence-electron chi connectivity index (χ2n) is 7.59. The fraction of sp³-hybridized carbons (Fsp3) is 0.273. The molecule has 0 bridgehead atoms. The van der Waals surface area contributed by atoms with E-state index in [1.165, 1.54) is 24.3 Å². The van der Waals surface area contributed by atoms with Gasteiger partial charge in [0, 0.05) is 5.69 Å². The maximum Gasteiger partial charge on any atom is 0.337 e. The average molecular weight is 435 g/mol. The summed E-state index contributed by atoms with van der Waals surface area (Å²) < 4.78 is 4.64. The lowest BCUT2D eigenvalue weighted by atomic mass is 10.1. The lowest BCUT2D eigenvalue weighted by Crippen LogP contribution is -2.43. The van der Waals surface area contributed by atoms with Gasteiger partial charge in [-0.05, 0) is 61.4 Å². The topological polar surface area (TPSA) is 121 Å². The third-order valence-corrected chi connectivity index (χ3v) is 5.50. The Morgan fingerprint density at radius 2 is 1.75 bits per heavy atom. The number of methoxy groups -OCH3 is 1. The van der Waals surface area contributed by atoms with Crippen LogP contribution in [0.3, 0.4) is 0 Å². The fourth-order valence-corrected chi connectivity index (χ4v) is 3.63. The molecule has 32 heavy (non-hydrogen) atoms. The summed E-state index contributed by atoms with van der Waals surface area (Å²) in [6.45, 7) is 3.58. The van der Waals surface area contributed by atoms with Crippen LogP contribution in [0.4, 0.5) is 11.4 Å². The largest absolute Gasteiger partial charge is 0.465 e. The molecule has 2 atom stereocenters. The number of anilines is 2. The molecular weight excluding hydrogens is 414 g/mol. The predicted molar refractivity (Wildman–Crippen MR) is 114 cm³/mol. The fourth-order valence-electron chi connectivity index (χ4n) is 3.63.